The van der Waals surface area contributed by atoms with Gasteiger partial charge in [0, 0.05) is 24.8 Å². The topological polar surface area (TPSA) is 75.9 Å². The highest BCUT2D eigenvalue weighted by atomic mass is 19.4. The van der Waals surface area contributed by atoms with Crippen LogP contribution in [-0.4, -0.2) is 47.7 Å². The number of nitrogens with zero attached hydrogens (tertiary/aromatic N) is 2. The Morgan fingerprint density at radius 3 is 2.44 bits per heavy atom. The Labute approximate surface area is 156 Å². The molecule has 2 rings (SSSR count). The number of carbonyl (C=O) groups is 2. The lowest BCUT2D eigenvalue weighted by molar-refractivity contribution is -0.274. The number of alkyl halides is 3. The summed E-state index contributed by atoms with van der Waals surface area (Å²) in [7, 11) is 0. The van der Waals surface area contributed by atoms with Gasteiger partial charge in [0.15, 0.2) is 0 Å². The molecule has 1 saturated heterocycles. The van der Waals surface area contributed by atoms with Gasteiger partial charge in [-0.1, -0.05) is 19.9 Å². The third-order valence-electron chi connectivity index (χ3n) is 5.22. The second kappa shape index (κ2) is 7.28. The van der Waals surface area contributed by atoms with Crippen LogP contribution in [0.4, 0.5) is 18.9 Å². The van der Waals surface area contributed by atoms with Crippen LogP contribution in [0.15, 0.2) is 24.3 Å². The summed E-state index contributed by atoms with van der Waals surface area (Å²) in [5, 5.41) is 0. The maximum absolute atomic E-state index is 12.9. The summed E-state index contributed by atoms with van der Waals surface area (Å²) in [6.45, 7) is 7.48. The molecule has 0 bridgehead atoms. The van der Waals surface area contributed by atoms with E-state index in [1.54, 1.807) is 24.8 Å². The fourth-order valence-corrected chi connectivity index (χ4v) is 3.27. The van der Waals surface area contributed by atoms with Gasteiger partial charge in [-0.15, -0.1) is 13.2 Å². The van der Waals surface area contributed by atoms with Crippen molar-refractivity contribution in [3.05, 3.63) is 24.3 Å². The zero-order chi connectivity index (χ0) is 20.6. The summed E-state index contributed by atoms with van der Waals surface area (Å²) in [6, 6.07) is 4.81. The van der Waals surface area contributed by atoms with Crippen molar-refractivity contribution in [3.63, 3.8) is 0 Å². The summed E-state index contributed by atoms with van der Waals surface area (Å²) < 4.78 is 41.3. The average molecular weight is 387 g/mol. The normalized spacial score (nSPS) is 20.6. The average Bonchev–Trinajstić information content (AvgIpc) is 2.54. The molecule has 0 saturated carbocycles. The van der Waals surface area contributed by atoms with E-state index in [9.17, 15) is 22.8 Å². The SMILES string of the molecule is CC1C(=O)N(C(C)(C(N)=O)C(C)C)CCN1c1cccc(OC(F)(F)F)c1. The highest BCUT2D eigenvalue weighted by Crippen LogP contribution is 2.32. The molecule has 2 unspecified atom stereocenters. The van der Waals surface area contributed by atoms with Crippen molar-refractivity contribution in [1.82, 2.24) is 4.90 Å². The summed E-state index contributed by atoms with van der Waals surface area (Å²) in [6.07, 6.45) is -4.79. The molecule has 1 aromatic rings. The van der Waals surface area contributed by atoms with Gasteiger partial charge in [-0.3, -0.25) is 9.59 Å². The molecule has 1 heterocycles. The third kappa shape index (κ3) is 4.12. The lowest BCUT2D eigenvalue weighted by atomic mass is 9.84. The minimum absolute atomic E-state index is 0.193. The first-order valence-corrected chi connectivity index (χ1v) is 8.61. The highest BCUT2D eigenvalue weighted by molar-refractivity contribution is 5.94. The molecule has 0 aliphatic carbocycles. The van der Waals surface area contributed by atoms with E-state index in [1.807, 2.05) is 13.8 Å². The Balaban J connectivity index is 2.27. The van der Waals surface area contributed by atoms with Crippen molar-refractivity contribution in [2.75, 3.05) is 18.0 Å². The summed E-state index contributed by atoms with van der Waals surface area (Å²) in [5.41, 5.74) is 4.86. The van der Waals surface area contributed by atoms with E-state index in [2.05, 4.69) is 4.74 Å². The Kier molecular flexibility index (Phi) is 5.63. The van der Waals surface area contributed by atoms with Crippen molar-refractivity contribution < 1.29 is 27.5 Å². The number of primary amides is 1. The molecule has 2 atom stereocenters. The maximum Gasteiger partial charge on any atom is 0.573 e. The molecule has 6 nitrogen and oxygen atoms in total. The molecule has 2 amide bonds. The number of hydrogen-bond donors (Lipinski definition) is 1. The largest absolute Gasteiger partial charge is 0.573 e. The summed E-state index contributed by atoms with van der Waals surface area (Å²) in [5.74, 6) is -1.45. The number of amides is 2. The first-order valence-electron chi connectivity index (χ1n) is 8.61. The number of rotatable bonds is 5. The Hall–Kier alpha value is -2.45. The number of carbonyl (C=O) groups excluding carboxylic acids is 2. The fourth-order valence-electron chi connectivity index (χ4n) is 3.27. The Bertz CT molecular complexity index is 723. The molecule has 0 radical (unpaired) electrons. The minimum Gasteiger partial charge on any atom is -0.406 e. The summed E-state index contributed by atoms with van der Waals surface area (Å²) in [4.78, 5) is 28.1. The Morgan fingerprint density at radius 2 is 1.93 bits per heavy atom. The minimum atomic E-state index is -4.79. The first-order chi connectivity index (χ1) is 12.4. The van der Waals surface area contributed by atoms with Gasteiger partial charge in [0.25, 0.3) is 0 Å². The van der Waals surface area contributed by atoms with Crippen LogP contribution in [0.1, 0.15) is 27.7 Å². The second-order valence-electron chi connectivity index (χ2n) is 7.07. The van der Waals surface area contributed by atoms with Gasteiger partial charge in [-0.25, -0.2) is 0 Å². The van der Waals surface area contributed by atoms with Gasteiger partial charge in [0.2, 0.25) is 11.8 Å². The van der Waals surface area contributed by atoms with E-state index >= 15 is 0 Å². The number of benzene rings is 1. The molecular formula is C18H24F3N3O3. The monoisotopic (exact) mass is 387 g/mol. The van der Waals surface area contributed by atoms with E-state index in [0.29, 0.717) is 12.2 Å². The number of piperazine rings is 1. The lowest BCUT2D eigenvalue weighted by Crippen LogP contribution is -2.68. The molecule has 150 valence electrons. The number of anilines is 1. The second-order valence-corrected chi connectivity index (χ2v) is 7.07. The highest BCUT2D eigenvalue weighted by Gasteiger charge is 2.47. The van der Waals surface area contributed by atoms with Crippen molar-refractivity contribution in [2.45, 2.75) is 45.6 Å². The number of hydrogen-bond acceptors (Lipinski definition) is 4. The van der Waals surface area contributed by atoms with E-state index in [-0.39, 0.29) is 24.1 Å². The maximum atomic E-state index is 12.9. The molecule has 1 aliphatic heterocycles. The van der Waals surface area contributed by atoms with Crippen LogP contribution in [0.2, 0.25) is 0 Å². The quantitative estimate of drug-likeness (QED) is 0.842. The van der Waals surface area contributed by atoms with Gasteiger partial charge in [-0.05, 0) is 31.9 Å². The zero-order valence-corrected chi connectivity index (χ0v) is 15.7. The van der Waals surface area contributed by atoms with Crippen LogP contribution < -0.4 is 15.4 Å². The molecule has 1 aliphatic rings. The molecule has 0 spiro atoms. The van der Waals surface area contributed by atoms with E-state index in [4.69, 9.17) is 5.73 Å². The molecule has 2 N–H and O–H groups in total. The van der Waals surface area contributed by atoms with Crippen molar-refractivity contribution >= 4 is 17.5 Å². The van der Waals surface area contributed by atoms with Crippen LogP contribution in [0.3, 0.4) is 0 Å². The fraction of sp³-hybridized carbons (Fsp3) is 0.556. The number of nitrogens with two attached hydrogens (primary N) is 1. The van der Waals surface area contributed by atoms with Crippen LogP contribution in [0.25, 0.3) is 0 Å². The molecule has 9 heteroatoms. The molecule has 0 aromatic heterocycles. The van der Waals surface area contributed by atoms with Crippen LogP contribution in [-0.2, 0) is 9.59 Å². The van der Waals surface area contributed by atoms with Crippen molar-refractivity contribution in [3.8, 4) is 5.75 Å². The van der Waals surface area contributed by atoms with Gasteiger partial charge < -0.3 is 20.3 Å². The van der Waals surface area contributed by atoms with E-state index < -0.39 is 23.9 Å². The van der Waals surface area contributed by atoms with Crippen molar-refractivity contribution in [2.24, 2.45) is 11.7 Å². The molecule has 27 heavy (non-hydrogen) atoms. The smallest absolute Gasteiger partial charge is 0.406 e. The zero-order valence-electron chi connectivity index (χ0n) is 15.7. The van der Waals surface area contributed by atoms with E-state index in [0.717, 1.165) is 0 Å². The van der Waals surface area contributed by atoms with Gasteiger partial charge in [0.1, 0.15) is 17.3 Å². The Morgan fingerprint density at radius 1 is 1.30 bits per heavy atom. The summed E-state index contributed by atoms with van der Waals surface area (Å²) >= 11 is 0. The first kappa shape index (κ1) is 20.9. The number of halogens is 3. The molecular weight excluding hydrogens is 363 g/mol. The number of ether oxygens (including phenoxy) is 1. The van der Waals surface area contributed by atoms with Crippen molar-refractivity contribution in [1.29, 1.82) is 0 Å². The molecule has 1 fully saturated rings. The predicted octanol–water partition coefficient (Wildman–Crippen LogP) is 2.52. The van der Waals surface area contributed by atoms with Crippen LogP contribution in [0.5, 0.6) is 5.75 Å². The lowest BCUT2D eigenvalue weighted by Gasteiger charge is -2.49. The van der Waals surface area contributed by atoms with Crippen LogP contribution in [0, 0.1) is 5.92 Å². The third-order valence-corrected chi connectivity index (χ3v) is 5.22. The van der Waals surface area contributed by atoms with Gasteiger partial charge >= 0.3 is 6.36 Å². The van der Waals surface area contributed by atoms with Gasteiger partial charge in [-0.2, -0.15) is 0 Å². The van der Waals surface area contributed by atoms with Gasteiger partial charge in [0.05, 0.1) is 0 Å². The van der Waals surface area contributed by atoms with Crippen LogP contribution >= 0.6 is 0 Å². The predicted molar refractivity (Wildman–Crippen MR) is 94.1 cm³/mol. The van der Waals surface area contributed by atoms with E-state index in [1.165, 1.54) is 23.1 Å². The standard InChI is InChI=1S/C18H24F3N3O3/c1-11(2)17(4,16(22)26)24-9-8-23(12(3)15(24)25)13-6-5-7-14(10-13)27-18(19,20)21/h5-7,10-12H,8-9H2,1-4H3,(H2,22,26). The molecule has 1 aromatic carbocycles.